The van der Waals surface area contributed by atoms with Gasteiger partial charge in [0.1, 0.15) is 0 Å². The molecule has 3 heteroatoms. The van der Waals surface area contributed by atoms with Crippen molar-refractivity contribution >= 4 is 54.4 Å². The summed E-state index contributed by atoms with van der Waals surface area (Å²) in [5, 5.41) is 7.19. The van der Waals surface area contributed by atoms with E-state index in [9.17, 15) is 0 Å². The van der Waals surface area contributed by atoms with Crippen LogP contribution in [0.25, 0.3) is 93.5 Å². The summed E-state index contributed by atoms with van der Waals surface area (Å²) in [6.07, 6.45) is 3.57. The highest BCUT2D eigenvalue weighted by Gasteiger charge is 2.14. The first-order chi connectivity index (χ1) is 24.3. The minimum atomic E-state index is 0.935. The molecule has 228 valence electrons. The summed E-state index contributed by atoms with van der Waals surface area (Å²) in [6.45, 7) is 0. The predicted octanol–water partition coefficient (Wildman–Crippen LogP) is 12.0. The van der Waals surface area contributed by atoms with Crippen LogP contribution in [-0.4, -0.2) is 14.5 Å². The Balaban J connectivity index is 1.05. The zero-order valence-electron chi connectivity index (χ0n) is 26.6. The molecule has 3 nitrogen and oxygen atoms in total. The minimum absolute atomic E-state index is 0.935. The first-order valence-corrected chi connectivity index (χ1v) is 16.7. The number of fused-ring (bicyclic) bond motifs is 9. The van der Waals surface area contributed by atoms with Crippen molar-refractivity contribution in [2.75, 3.05) is 0 Å². The Hall–Kier alpha value is -6.58. The fourth-order valence-corrected chi connectivity index (χ4v) is 7.59. The number of para-hydroxylation sites is 2. The molecule has 49 heavy (non-hydrogen) atoms. The highest BCUT2D eigenvalue weighted by molar-refractivity contribution is 6.23. The molecule has 0 bridgehead atoms. The maximum atomic E-state index is 4.79. The van der Waals surface area contributed by atoms with Crippen molar-refractivity contribution in [1.29, 1.82) is 0 Å². The molecule has 0 unspecified atom stereocenters. The summed E-state index contributed by atoms with van der Waals surface area (Å²) in [7, 11) is 0. The van der Waals surface area contributed by atoms with E-state index in [1.165, 1.54) is 60.4 Å². The first kappa shape index (κ1) is 27.5. The Bertz CT molecular complexity index is 2810. The quantitative estimate of drug-likeness (QED) is 0.183. The number of rotatable bonds is 4. The highest BCUT2D eigenvalue weighted by Crippen LogP contribution is 2.37. The maximum Gasteiger partial charge on any atom is 0.0971 e. The molecule has 10 rings (SSSR count). The molecular weight excluding hydrogens is 595 g/mol. The van der Waals surface area contributed by atoms with Gasteiger partial charge < -0.3 is 4.57 Å². The van der Waals surface area contributed by atoms with Crippen LogP contribution in [0, 0.1) is 0 Å². The van der Waals surface area contributed by atoms with Crippen molar-refractivity contribution in [2.45, 2.75) is 0 Å². The van der Waals surface area contributed by atoms with E-state index in [0.717, 1.165) is 33.1 Å². The molecule has 0 aliphatic carbocycles. The Morgan fingerprint density at radius 3 is 1.37 bits per heavy atom. The lowest BCUT2D eigenvalue weighted by Gasteiger charge is -2.12. The van der Waals surface area contributed by atoms with Crippen molar-refractivity contribution in [1.82, 2.24) is 14.5 Å². The minimum Gasteiger partial charge on any atom is -0.309 e. The van der Waals surface area contributed by atoms with Gasteiger partial charge >= 0.3 is 0 Å². The Morgan fingerprint density at radius 1 is 0.306 bits per heavy atom. The first-order valence-electron chi connectivity index (χ1n) is 16.7. The van der Waals surface area contributed by atoms with Gasteiger partial charge in [0.25, 0.3) is 0 Å². The average molecular weight is 624 g/mol. The molecule has 0 aliphatic heterocycles. The summed E-state index contributed by atoms with van der Waals surface area (Å²) < 4.78 is 2.38. The third-order valence-electron chi connectivity index (χ3n) is 9.85. The normalized spacial score (nSPS) is 11.7. The van der Waals surface area contributed by atoms with E-state index in [0.29, 0.717) is 0 Å². The summed E-state index contributed by atoms with van der Waals surface area (Å²) in [6, 6.07) is 59.2. The maximum absolute atomic E-state index is 4.79. The molecule has 0 spiro atoms. The van der Waals surface area contributed by atoms with Gasteiger partial charge in [-0.15, -0.1) is 0 Å². The van der Waals surface area contributed by atoms with Crippen LogP contribution in [-0.2, 0) is 0 Å². The van der Waals surface area contributed by atoms with E-state index in [2.05, 4.69) is 168 Å². The molecule has 0 N–H and O–H groups in total. The Kier molecular flexibility index (Phi) is 6.18. The van der Waals surface area contributed by atoms with E-state index in [4.69, 9.17) is 9.97 Å². The van der Waals surface area contributed by atoms with E-state index >= 15 is 0 Å². The van der Waals surface area contributed by atoms with Crippen LogP contribution in [0.1, 0.15) is 0 Å². The molecule has 0 radical (unpaired) electrons. The number of hydrogen-bond donors (Lipinski definition) is 0. The second kappa shape index (κ2) is 11.0. The zero-order chi connectivity index (χ0) is 32.3. The largest absolute Gasteiger partial charge is 0.309 e. The molecule has 0 atom stereocenters. The Morgan fingerprint density at radius 2 is 0.755 bits per heavy atom. The second-order valence-electron chi connectivity index (χ2n) is 12.6. The van der Waals surface area contributed by atoms with Gasteiger partial charge in [-0.3, -0.25) is 9.97 Å². The molecule has 8 aromatic carbocycles. The number of nitrogens with zero attached hydrogens (tertiary/aromatic N) is 3. The van der Waals surface area contributed by atoms with E-state index in [-0.39, 0.29) is 0 Å². The van der Waals surface area contributed by atoms with Crippen LogP contribution in [0.4, 0.5) is 0 Å². The molecule has 2 heterocycles. The van der Waals surface area contributed by atoms with Crippen molar-refractivity contribution in [3.05, 3.63) is 176 Å². The van der Waals surface area contributed by atoms with Crippen molar-refractivity contribution in [3.63, 3.8) is 0 Å². The summed E-state index contributed by atoms with van der Waals surface area (Å²) in [5.74, 6) is 0. The molecule has 0 saturated carbocycles. The lowest BCUT2D eigenvalue weighted by Crippen LogP contribution is -1.94. The van der Waals surface area contributed by atoms with Crippen LogP contribution < -0.4 is 0 Å². The van der Waals surface area contributed by atoms with Crippen LogP contribution in [0.3, 0.4) is 0 Å². The van der Waals surface area contributed by atoms with Gasteiger partial charge in [-0.2, -0.15) is 0 Å². The van der Waals surface area contributed by atoms with Gasteiger partial charge in [0, 0.05) is 39.6 Å². The van der Waals surface area contributed by atoms with Gasteiger partial charge in [0.15, 0.2) is 0 Å². The van der Waals surface area contributed by atoms with E-state index in [1.54, 1.807) is 12.4 Å². The fraction of sp³-hybridized carbons (Fsp3) is 0. The van der Waals surface area contributed by atoms with Crippen molar-refractivity contribution < 1.29 is 0 Å². The van der Waals surface area contributed by atoms with Crippen molar-refractivity contribution in [2.24, 2.45) is 0 Å². The lowest BCUT2D eigenvalue weighted by atomic mass is 9.93. The highest BCUT2D eigenvalue weighted by atomic mass is 15.0. The summed E-state index contributed by atoms with van der Waals surface area (Å²) in [5.41, 5.74) is 12.5. The third-order valence-corrected chi connectivity index (χ3v) is 9.85. The van der Waals surface area contributed by atoms with Gasteiger partial charge in [-0.25, -0.2) is 0 Å². The topological polar surface area (TPSA) is 30.7 Å². The number of aromatic nitrogens is 3. The number of benzene rings is 8. The average Bonchev–Trinajstić information content (AvgIpc) is 3.52. The third kappa shape index (κ3) is 4.44. The van der Waals surface area contributed by atoms with E-state index in [1.807, 2.05) is 0 Å². The molecule has 10 aromatic rings. The molecule has 0 aliphatic rings. The van der Waals surface area contributed by atoms with Crippen molar-refractivity contribution in [3.8, 4) is 39.1 Å². The SMILES string of the molecule is c1cc(-c2cccc(-c3ccc4c5ccccc5c5nccnc5c4c3)c2)cc(-c2cccc(-n3c4ccccc4c4ccccc43)c2)c1. The molecule has 0 fully saturated rings. The van der Waals surface area contributed by atoms with E-state index < -0.39 is 0 Å². The second-order valence-corrected chi connectivity index (χ2v) is 12.6. The lowest BCUT2D eigenvalue weighted by molar-refractivity contribution is 1.18. The monoisotopic (exact) mass is 623 g/mol. The summed E-state index contributed by atoms with van der Waals surface area (Å²) in [4.78, 5) is 9.52. The molecular formula is C46H29N3. The van der Waals surface area contributed by atoms with Gasteiger partial charge in [-0.05, 0) is 86.6 Å². The molecule has 0 amide bonds. The summed E-state index contributed by atoms with van der Waals surface area (Å²) >= 11 is 0. The molecule has 0 saturated heterocycles. The zero-order valence-corrected chi connectivity index (χ0v) is 26.6. The number of hydrogen-bond acceptors (Lipinski definition) is 2. The van der Waals surface area contributed by atoms with Crippen LogP contribution in [0.15, 0.2) is 176 Å². The predicted molar refractivity (Wildman–Crippen MR) is 205 cm³/mol. The smallest absolute Gasteiger partial charge is 0.0971 e. The van der Waals surface area contributed by atoms with Gasteiger partial charge in [0.05, 0.1) is 22.1 Å². The standard InChI is InChI=1S/C46H29N3/c1-2-19-41-37(16-1)38-23-22-35(29-42(38)46-45(41)47-24-25-48-46)33-13-8-11-31(27-33)30-10-7-12-32(26-30)34-14-9-15-36(28-34)49-43-20-5-3-17-39(43)40-18-4-6-21-44(40)49/h1-29H. The fourth-order valence-electron chi connectivity index (χ4n) is 7.59. The molecule has 2 aromatic heterocycles. The van der Waals surface area contributed by atoms with Crippen LogP contribution in [0.5, 0.6) is 0 Å². The van der Waals surface area contributed by atoms with Gasteiger partial charge in [-0.1, -0.05) is 121 Å². The van der Waals surface area contributed by atoms with Crippen LogP contribution >= 0.6 is 0 Å². The Labute approximate surface area is 283 Å². The van der Waals surface area contributed by atoms with Gasteiger partial charge in [0.2, 0.25) is 0 Å². The van der Waals surface area contributed by atoms with Crippen LogP contribution in [0.2, 0.25) is 0 Å².